The van der Waals surface area contributed by atoms with Crippen LogP contribution in [0.2, 0.25) is 0 Å². The van der Waals surface area contributed by atoms with Crippen molar-refractivity contribution in [1.29, 1.82) is 0 Å². The second-order valence-corrected chi connectivity index (χ2v) is 9.97. The summed E-state index contributed by atoms with van der Waals surface area (Å²) < 4.78 is 7.84. The normalized spacial score (nSPS) is 13.5. The largest absolute Gasteiger partial charge is 0.379 e. The molecular formula is C32H48N4O3S. The molecule has 0 bridgehead atoms. The number of aromatic amines is 1. The maximum absolute atomic E-state index is 12.7. The molecule has 220 valence electrons. The van der Waals surface area contributed by atoms with E-state index in [9.17, 15) is 4.79 Å². The molecule has 3 aromatic rings. The fourth-order valence-electron chi connectivity index (χ4n) is 4.72. The molecule has 7 nitrogen and oxygen atoms in total. The van der Waals surface area contributed by atoms with Gasteiger partial charge in [-0.2, -0.15) is 0 Å². The third-order valence-corrected chi connectivity index (χ3v) is 7.03. The Hall–Kier alpha value is -3.07. The number of primary amides is 1. The first kappa shape index (κ1) is 35.0. The van der Waals surface area contributed by atoms with Crippen LogP contribution in [-0.4, -0.2) is 47.0 Å². The fraction of sp³-hybridized carbons (Fsp3) is 0.438. The number of thiol groups is 1. The third kappa shape index (κ3) is 9.25. The van der Waals surface area contributed by atoms with E-state index < -0.39 is 0 Å². The Labute approximate surface area is 245 Å². The first-order valence-corrected chi connectivity index (χ1v) is 14.3. The van der Waals surface area contributed by atoms with Gasteiger partial charge >= 0.3 is 0 Å². The van der Waals surface area contributed by atoms with Crippen LogP contribution in [0.25, 0.3) is 10.4 Å². The number of aromatic nitrogens is 2. The summed E-state index contributed by atoms with van der Waals surface area (Å²) in [6.07, 6.45) is 5.94. The van der Waals surface area contributed by atoms with E-state index in [-0.39, 0.29) is 18.0 Å². The van der Waals surface area contributed by atoms with E-state index in [0.717, 1.165) is 65.5 Å². The van der Waals surface area contributed by atoms with Gasteiger partial charge in [0.05, 0.1) is 13.2 Å². The predicted octanol–water partition coefficient (Wildman–Crippen LogP) is 6.15. The SMILES string of the molecule is C=C(S)c1cc2cc(Cc3c(C)cc(C)[nH]c3=O)c(C)c(C(C)N3CCOCC3)n2c1.C=CCC.CC.NC=O. The molecule has 0 radical (unpaired) electrons. The van der Waals surface area contributed by atoms with Gasteiger partial charge in [0.1, 0.15) is 0 Å². The number of amides is 1. The van der Waals surface area contributed by atoms with Gasteiger partial charge < -0.3 is 19.9 Å². The number of carbonyl (C=O) groups excluding carboxylic acids is 1. The van der Waals surface area contributed by atoms with Crippen LogP contribution in [0.15, 0.2) is 48.4 Å². The number of pyridine rings is 2. The van der Waals surface area contributed by atoms with E-state index in [1.807, 2.05) is 39.8 Å². The van der Waals surface area contributed by atoms with Crippen LogP contribution in [0.5, 0.6) is 0 Å². The van der Waals surface area contributed by atoms with Gasteiger partial charge in [-0.15, -0.1) is 19.2 Å². The molecule has 4 rings (SSSR count). The van der Waals surface area contributed by atoms with Crippen molar-refractivity contribution in [3.63, 3.8) is 0 Å². The van der Waals surface area contributed by atoms with Crippen LogP contribution >= 0.6 is 12.6 Å². The lowest BCUT2D eigenvalue weighted by molar-refractivity contribution is -0.106. The van der Waals surface area contributed by atoms with E-state index in [0.29, 0.717) is 6.42 Å². The maximum atomic E-state index is 12.7. The number of carbonyl (C=O) groups is 1. The average Bonchev–Trinajstić information content (AvgIpc) is 3.37. The number of ether oxygens (including phenoxy) is 1. The van der Waals surface area contributed by atoms with Gasteiger partial charge in [0.15, 0.2) is 0 Å². The van der Waals surface area contributed by atoms with Crippen LogP contribution in [0.4, 0.5) is 0 Å². The van der Waals surface area contributed by atoms with Crippen molar-refractivity contribution in [1.82, 2.24) is 14.3 Å². The van der Waals surface area contributed by atoms with Gasteiger partial charge in [0.2, 0.25) is 6.41 Å². The molecule has 1 amide bonds. The molecule has 0 aromatic carbocycles. The van der Waals surface area contributed by atoms with Crippen molar-refractivity contribution < 1.29 is 9.53 Å². The van der Waals surface area contributed by atoms with Crippen LogP contribution in [0.3, 0.4) is 0 Å². The highest BCUT2D eigenvalue weighted by molar-refractivity contribution is 7.90. The zero-order valence-corrected chi connectivity index (χ0v) is 26.2. The molecule has 1 unspecified atom stereocenters. The van der Waals surface area contributed by atoms with Gasteiger partial charge in [-0.3, -0.25) is 14.5 Å². The predicted molar refractivity (Wildman–Crippen MR) is 172 cm³/mol. The summed E-state index contributed by atoms with van der Waals surface area (Å²) >= 11 is 4.47. The molecule has 1 atom stereocenters. The topological polar surface area (TPSA) is 92.8 Å². The molecule has 40 heavy (non-hydrogen) atoms. The Balaban J connectivity index is 0.000000788. The van der Waals surface area contributed by atoms with Gasteiger partial charge in [0.25, 0.3) is 5.56 Å². The number of nitrogens with two attached hydrogens (primary N) is 1. The number of nitrogens with zero attached hydrogens (tertiary/aromatic N) is 2. The van der Waals surface area contributed by atoms with Crippen molar-refractivity contribution in [2.75, 3.05) is 26.3 Å². The molecule has 0 saturated carbocycles. The summed E-state index contributed by atoms with van der Waals surface area (Å²) in [6.45, 7) is 25.3. The second kappa shape index (κ2) is 17.6. The second-order valence-electron chi connectivity index (χ2n) is 9.43. The van der Waals surface area contributed by atoms with Crippen molar-refractivity contribution in [2.24, 2.45) is 5.73 Å². The molecule has 1 aliphatic rings. The first-order chi connectivity index (χ1) is 19.1. The van der Waals surface area contributed by atoms with E-state index in [2.05, 4.69) is 84.9 Å². The summed E-state index contributed by atoms with van der Waals surface area (Å²) in [7, 11) is 0. The highest BCUT2D eigenvalue weighted by Gasteiger charge is 2.24. The minimum atomic E-state index is -0.000594. The molecule has 8 heteroatoms. The summed E-state index contributed by atoms with van der Waals surface area (Å²) in [5, 5.41) is 0. The van der Waals surface area contributed by atoms with Crippen LogP contribution in [0, 0.1) is 20.8 Å². The number of hydrogen-bond donors (Lipinski definition) is 3. The molecule has 0 aliphatic carbocycles. The minimum absolute atomic E-state index is 0.000594. The van der Waals surface area contributed by atoms with Crippen molar-refractivity contribution >= 4 is 29.5 Å². The molecule has 1 fully saturated rings. The molecule has 3 aromatic heterocycles. The number of allylic oxidation sites excluding steroid dienone is 1. The maximum Gasteiger partial charge on any atom is 0.251 e. The first-order valence-electron chi connectivity index (χ1n) is 13.9. The lowest BCUT2D eigenvalue weighted by Gasteiger charge is -2.34. The Morgan fingerprint density at radius 2 is 1.77 bits per heavy atom. The lowest BCUT2D eigenvalue weighted by Crippen LogP contribution is -2.39. The standard InChI is InChI=1S/C25H31N3O2S.C4H8.C2H6.CH3NO/c1-15-10-16(2)26-25(29)23(15)13-20-11-22-12-21(19(5)31)14-28(22)24(17(20)3)18(4)27-6-8-30-9-7-27;1-3-4-2;1-2;2-1-3/h10-12,14,18,31H,5-9,13H2,1-4H3,(H,26,29);3H,1,4H2,2H3;1-2H3;1H,(H2,2,3). The van der Waals surface area contributed by atoms with Crippen LogP contribution < -0.4 is 11.3 Å². The summed E-state index contributed by atoms with van der Waals surface area (Å²) in [5.41, 5.74) is 12.7. The van der Waals surface area contributed by atoms with E-state index >= 15 is 0 Å². The quantitative estimate of drug-likeness (QED) is 0.189. The number of rotatable bonds is 6. The summed E-state index contributed by atoms with van der Waals surface area (Å²) in [5.74, 6) is 0. The Kier molecular flexibility index (Phi) is 15.4. The molecule has 0 spiro atoms. The lowest BCUT2D eigenvalue weighted by atomic mass is 9.95. The third-order valence-electron chi connectivity index (χ3n) is 6.77. The van der Waals surface area contributed by atoms with Gasteiger partial charge in [-0.25, -0.2) is 0 Å². The van der Waals surface area contributed by atoms with E-state index in [1.54, 1.807) is 0 Å². The molecule has 1 aliphatic heterocycles. The Morgan fingerprint density at radius 3 is 2.27 bits per heavy atom. The van der Waals surface area contributed by atoms with Crippen LogP contribution in [0.1, 0.15) is 79.4 Å². The average molecular weight is 569 g/mol. The highest BCUT2D eigenvalue weighted by Crippen LogP contribution is 2.32. The molecular weight excluding hydrogens is 520 g/mol. The Morgan fingerprint density at radius 1 is 1.20 bits per heavy atom. The molecule has 4 heterocycles. The molecule has 3 N–H and O–H groups in total. The monoisotopic (exact) mass is 568 g/mol. The number of hydrogen-bond acceptors (Lipinski definition) is 5. The zero-order valence-electron chi connectivity index (χ0n) is 25.3. The van der Waals surface area contributed by atoms with Gasteiger partial charge in [-0.1, -0.05) is 33.4 Å². The molecule has 1 saturated heterocycles. The number of fused-ring (bicyclic) bond motifs is 1. The van der Waals surface area contributed by atoms with E-state index in [1.165, 1.54) is 16.8 Å². The Bertz CT molecular complexity index is 1320. The van der Waals surface area contributed by atoms with Crippen LogP contribution in [-0.2, 0) is 16.0 Å². The number of H-pyrrole nitrogens is 1. The van der Waals surface area contributed by atoms with Crippen molar-refractivity contribution in [3.8, 4) is 0 Å². The van der Waals surface area contributed by atoms with E-state index in [4.69, 9.17) is 9.53 Å². The highest BCUT2D eigenvalue weighted by atomic mass is 32.1. The van der Waals surface area contributed by atoms with Crippen molar-refractivity contribution in [3.05, 3.63) is 93.2 Å². The van der Waals surface area contributed by atoms with Crippen molar-refractivity contribution in [2.45, 2.75) is 67.3 Å². The fourth-order valence-corrected chi connectivity index (χ4v) is 4.84. The summed E-state index contributed by atoms with van der Waals surface area (Å²) in [6, 6.07) is 6.59. The number of nitrogens with one attached hydrogen (secondary N) is 1. The summed E-state index contributed by atoms with van der Waals surface area (Å²) in [4.78, 5) is 27.5. The number of aryl methyl sites for hydroxylation is 2. The van der Waals surface area contributed by atoms with Gasteiger partial charge in [0, 0.05) is 64.7 Å². The zero-order chi connectivity index (χ0) is 30.4. The number of morpholine rings is 1. The van der Waals surface area contributed by atoms with Gasteiger partial charge in [-0.05, 0) is 69.0 Å². The smallest absolute Gasteiger partial charge is 0.251 e. The minimum Gasteiger partial charge on any atom is -0.379 e.